The molecule has 0 amide bonds. The molecule has 3 aliphatic rings. The second-order valence-electron chi connectivity index (χ2n) is 6.38. The van der Waals surface area contributed by atoms with Crippen LogP contribution >= 0.6 is 11.8 Å². The Balaban J connectivity index is 1.68. The fourth-order valence-corrected chi connectivity index (χ4v) is 5.23. The van der Waals surface area contributed by atoms with Crippen molar-refractivity contribution in [2.24, 2.45) is 11.7 Å². The van der Waals surface area contributed by atoms with Gasteiger partial charge in [-0.1, -0.05) is 0 Å². The van der Waals surface area contributed by atoms with Crippen LogP contribution < -0.4 is 5.73 Å². The summed E-state index contributed by atoms with van der Waals surface area (Å²) in [5.41, 5.74) is 6.62. The highest BCUT2D eigenvalue weighted by Crippen LogP contribution is 2.46. The molecule has 0 bridgehead atoms. The molecule has 3 nitrogen and oxygen atoms in total. The van der Waals surface area contributed by atoms with Crippen molar-refractivity contribution in [2.45, 2.75) is 55.4 Å². The number of rotatable bonds is 2. The molecule has 3 fully saturated rings. The van der Waals surface area contributed by atoms with Crippen LogP contribution in [-0.4, -0.2) is 42.0 Å². The Morgan fingerprint density at radius 3 is 2.89 bits per heavy atom. The number of hydrogen-bond donors (Lipinski definition) is 1. The fraction of sp³-hybridized carbons (Fsp3) is 1.00. The van der Waals surface area contributed by atoms with Gasteiger partial charge in [0.25, 0.3) is 0 Å². The van der Waals surface area contributed by atoms with Gasteiger partial charge >= 0.3 is 0 Å². The summed E-state index contributed by atoms with van der Waals surface area (Å²) in [6.07, 6.45) is 5.88. The van der Waals surface area contributed by atoms with E-state index in [4.69, 9.17) is 15.2 Å². The van der Waals surface area contributed by atoms with Crippen molar-refractivity contribution in [1.82, 2.24) is 0 Å². The predicted octanol–water partition coefficient (Wildman–Crippen LogP) is 2.19. The minimum absolute atomic E-state index is 0.000166. The van der Waals surface area contributed by atoms with Gasteiger partial charge in [-0.05, 0) is 44.3 Å². The first-order chi connectivity index (χ1) is 8.64. The van der Waals surface area contributed by atoms with Gasteiger partial charge in [-0.2, -0.15) is 11.8 Å². The van der Waals surface area contributed by atoms with Crippen LogP contribution in [-0.2, 0) is 9.47 Å². The molecule has 3 aliphatic heterocycles. The Morgan fingerprint density at radius 1 is 1.33 bits per heavy atom. The Bertz CT molecular complexity index is 288. The minimum Gasteiger partial charge on any atom is -0.378 e. The first-order valence-corrected chi connectivity index (χ1v) is 8.23. The summed E-state index contributed by atoms with van der Waals surface area (Å²) < 4.78 is 11.9. The normalized spacial score (nSPS) is 46.7. The molecule has 3 heterocycles. The second-order valence-corrected chi connectivity index (χ2v) is 8.01. The Labute approximate surface area is 114 Å². The summed E-state index contributed by atoms with van der Waals surface area (Å²) in [5.74, 6) is 1.89. The average Bonchev–Trinajstić information content (AvgIpc) is 2.99. The number of hydrogen-bond acceptors (Lipinski definition) is 4. The van der Waals surface area contributed by atoms with Crippen molar-refractivity contribution in [3.63, 3.8) is 0 Å². The van der Waals surface area contributed by atoms with Gasteiger partial charge in [0, 0.05) is 30.4 Å². The zero-order valence-electron chi connectivity index (χ0n) is 11.3. The molecule has 4 unspecified atom stereocenters. The van der Waals surface area contributed by atoms with Crippen LogP contribution in [0.25, 0.3) is 0 Å². The molecule has 4 heteroatoms. The highest BCUT2D eigenvalue weighted by atomic mass is 32.2. The van der Waals surface area contributed by atoms with Crippen molar-refractivity contribution < 1.29 is 9.47 Å². The predicted molar refractivity (Wildman–Crippen MR) is 74.9 cm³/mol. The van der Waals surface area contributed by atoms with Gasteiger partial charge in [-0.3, -0.25) is 0 Å². The molecule has 0 aromatic carbocycles. The van der Waals surface area contributed by atoms with Crippen molar-refractivity contribution in [1.29, 1.82) is 0 Å². The van der Waals surface area contributed by atoms with Crippen molar-refractivity contribution in [2.75, 3.05) is 25.6 Å². The van der Waals surface area contributed by atoms with E-state index in [1.165, 1.54) is 18.6 Å². The Morgan fingerprint density at radius 2 is 2.22 bits per heavy atom. The van der Waals surface area contributed by atoms with Gasteiger partial charge in [-0.15, -0.1) is 0 Å². The maximum absolute atomic E-state index is 6.62. The zero-order valence-corrected chi connectivity index (χ0v) is 12.1. The molecular weight excluding hydrogens is 246 g/mol. The van der Waals surface area contributed by atoms with Crippen LogP contribution in [0.15, 0.2) is 0 Å². The second kappa shape index (κ2) is 4.97. The third-order valence-electron chi connectivity index (χ3n) is 5.06. The van der Waals surface area contributed by atoms with Gasteiger partial charge in [-0.25, -0.2) is 0 Å². The highest BCUT2D eigenvalue weighted by molar-refractivity contribution is 8.00. The van der Waals surface area contributed by atoms with Gasteiger partial charge in [0.15, 0.2) is 0 Å². The molecule has 0 radical (unpaired) electrons. The topological polar surface area (TPSA) is 44.5 Å². The van der Waals surface area contributed by atoms with Crippen molar-refractivity contribution in [3.05, 3.63) is 0 Å². The van der Waals surface area contributed by atoms with Crippen LogP contribution in [0.4, 0.5) is 0 Å². The van der Waals surface area contributed by atoms with Gasteiger partial charge in [0.2, 0.25) is 0 Å². The lowest BCUT2D eigenvalue weighted by molar-refractivity contribution is -0.102. The third-order valence-corrected chi connectivity index (χ3v) is 6.69. The summed E-state index contributed by atoms with van der Waals surface area (Å²) >= 11 is 2.08. The summed E-state index contributed by atoms with van der Waals surface area (Å²) in [7, 11) is 0. The summed E-state index contributed by atoms with van der Waals surface area (Å²) in [4.78, 5) is 0. The van der Waals surface area contributed by atoms with E-state index in [-0.39, 0.29) is 5.60 Å². The van der Waals surface area contributed by atoms with E-state index in [9.17, 15) is 0 Å². The average molecular weight is 271 g/mol. The van der Waals surface area contributed by atoms with E-state index in [1.807, 2.05) is 0 Å². The fourth-order valence-electron chi connectivity index (χ4n) is 3.80. The maximum atomic E-state index is 6.62. The van der Waals surface area contributed by atoms with Crippen LogP contribution in [0.2, 0.25) is 0 Å². The smallest absolute Gasteiger partial charge is 0.0939 e. The molecular formula is C14H25NO2S. The van der Waals surface area contributed by atoms with Gasteiger partial charge < -0.3 is 15.2 Å². The third kappa shape index (κ3) is 2.33. The molecule has 0 saturated carbocycles. The standard InChI is InChI=1S/C14H25NO2S/c1-13(4-2-8-18-13)12(15)11-3-6-17-14(9-11)5-7-16-10-14/h11-12H,2-10,15H2,1H3. The Kier molecular flexibility index (Phi) is 3.65. The molecule has 4 atom stereocenters. The van der Waals surface area contributed by atoms with E-state index in [2.05, 4.69) is 18.7 Å². The van der Waals surface area contributed by atoms with E-state index in [1.54, 1.807) is 0 Å². The summed E-state index contributed by atoms with van der Waals surface area (Å²) in [6, 6.07) is 0.311. The van der Waals surface area contributed by atoms with Gasteiger partial charge in [0.05, 0.1) is 12.2 Å². The van der Waals surface area contributed by atoms with Crippen LogP contribution in [0.1, 0.15) is 39.0 Å². The number of thioether (sulfide) groups is 1. The van der Waals surface area contributed by atoms with E-state index < -0.39 is 0 Å². The van der Waals surface area contributed by atoms with Gasteiger partial charge in [0.1, 0.15) is 0 Å². The summed E-state index contributed by atoms with van der Waals surface area (Å²) in [6.45, 7) is 4.86. The highest BCUT2D eigenvalue weighted by Gasteiger charge is 2.47. The van der Waals surface area contributed by atoms with Crippen LogP contribution in [0.5, 0.6) is 0 Å². The number of nitrogens with two attached hydrogens (primary N) is 1. The van der Waals surface area contributed by atoms with E-state index >= 15 is 0 Å². The first kappa shape index (κ1) is 13.2. The molecule has 0 aromatic rings. The quantitative estimate of drug-likeness (QED) is 0.836. The van der Waals surface area contributed by atoms with E-state index in [0.717, 1.165) is 39.1 Å². The van der Waals surface area contributed by atoms with E-state index in [0.29, 0.717) is 16.7 Å². The largest absolute Gasteiger partial charge is 0.378 e. The monoisotopic (exact) mass is 271 g/mol. The molecule has 0 aromatic heterocycles. The molecule has 104 valence electrons. The Hall–Kier alpha value is 0.230. The molecule has 3 saturated heterocycles. The van der Waals surface area contributed by atoms with Crippen molar-refractivity contribution in [3.8, 4) is 0 Å². The summed E-state index contributed by atoms with van der Waals surface area (Å²) in [5, 5.41) is 0. The minimum atomic E-state index is 0.000166. The lowest BCUT2D eigenvalue weighted by Gasteiger charge is -2.43. The molecule has 18 heavy (non-hydrogen) atoms. The van der Waals surface area contributed by atoms with Crippen LogP contribution in [0.3, 0.4) is 0 Å². The zero-order chi connectivity index (χ0) is 12.6. The molecule has 2 N–H and O–H groups in total. The number of ether oxygens (including phenoxy) is 2. The lowest BCUT2D eigenvalue weighted by atomic mass is 9.76. The van der Waals surface area contributed by atoms with Crippen molar-refractivity contribution >= 4 is 11.8 Å². The molecule has 0 aliphatic carbocycles. The molecule has 1 spiro atoms. The first-order valence-electron chi connectivity index (χ1n) is 7.25. The maximum Gasteiger partial charge on any atom is 0.0939 e. The lowest BCUT2D eigenvalue weighted by Crippen LogP contribution is -2.52. The molecule has 3 rings (SSSR count). The van der Waals surface area contributed by atoms with Crippen LogP contribution in [0, 0.1) is 5.92 Å². The SMILES string of the molecule is CC1(C(N)C2CCOC3(CCOC3)C2)CCCS1.